The van der Waals surface area contributed by atoms with Crippen LogP contribution < -0.4 is 10.8 Å². The molecule has 1 aliphatic carbocycles. The highest BCUT2D eigenvalue weighted by Crippen LogP contribution is 2.24. The maximum Gasteiger partial charge on any atom is 0.267 e. The van der Waals surface area contributed by atoms with Crippen LogP contribution in [-0.2, 0) is 9.59 Å². The van der Waals surface area contributed by atoms with Gasteiger partial charge in [0.15, 0.2) is 0 Å². The first-order valence-electron chi connectivity index (χ1n) is 8.56. The van der Waals surface area contributed by atoms with Gasteiger partial charge in [-0.05, 0) is 59.9 Å². The van der Waals surface area contributed by atoms with Crippen molar-refractivity contribution in [2.24, 2.45) is 0 Å². The van der Waals surface area contributed by atoms with E-state index in [1.807, 2.05) is 0 Å². The predicted octanol–water partition coefficient (Wildman–Crippen LogP) is 3.16. The van der Waals surface area contributed by atoms with Gasteiger partial charge in [-0.2, -0.15) is 0 Å². The lowest BCUT2D eigenvalue weighted by Crippen LogP contribution is -2.26. The van der Waals surface area contributed by atoms with E-state index < -0.39 is 5.91 Å². The van der Waals surface area contributed by atoms with E-state index in [2.05, 4.69) is 5.32 Å². The Labute approximate surface area is 156 Å². The molecule has 0 spiro atoms. The number of carbonyl (C=O) groups excluding carboxylic acids is 2. The molecular weight excluding hydrogens is 347 g/mol. The van der Waals surface area contributed by atoms with Crippen LogP contribution in [0.1, 0.15) is 29.5 Å². The lowest BCUT2D eigenvalue weighted by atomic mass is 9.99. The van der Waals surface area contributed by atoms with Crippen molar-refractivity contribution in [1.82, 2.24) is 10.8 Å². The molecule has 0 atom stereocenters. The van der Waals surface area contributed by atoms with Gasteiger partial charge in [-0.25, -0.2) is 9.87 Å². The Kier molecular flexibility index (Phi) is 5.78. The highest BCUT2D eigenvalue weighted by molar-refractivity contribution is 6.24. The van der Waals surface area contributed by atoms with Crippen LogP contribution >= 0.6 is 0 Å². The van der Waals surface area contributed by atoms with Crippen molar-refractivity contribution in [1.29, 1.82) is 0 Å². The summed E-state index contributed by atoms with van der Waals surface area (Å²) in [5, 5.41) is 11.5. The van der Waals surface area contributed by atoms with Crippen LogP contribution in [0, 0.1) is 5.82 Å². The monoisotopic (exact) mass is 366 g/mol. The maximum atomic E-state index is 13.2. The first kappa shape index (κ1) is 18.5. The van der Waals surface area contributed by atoms with Crippen molar-refractivity contribution in [3.63, 3.8) is 0 Å². The molecule has 0 saturated heterocycles. The summed E-state index contributed by atoms with van der Waals surface area (Å²) in [4.78, 5) is 23.9. The molecule has 5 nitrogen and oxygen atoms in total. The largest absolute Gasteiger partial charge is 0.349 e. The van der Waals surface area contributed by atoms with Crippen LogP contribution in [0.2, 0.25) is 0 Å². The number of nitrogens with one attached hydrogen (secondary N) is 2. The summed E-state index contributed by atoms with van der Waals surface area (Å²) >= 11 is 0. The van der Waals surface area contributed by atoms with Gasteiger partial charge in [0, 0.05) is 17.7 Å². The second kappa shape index (κ2) is 8.42. The van der Waals surface area contributed by atoms with E-state index in [-0.39, 0.29) is 17.8 Å². The molecule has 2 aromatic rings. The summed E-state index contributed by atoms with van der Waals surface area (Å²) in [6.45, 7) is 0. The SMILES string of the molecule is O=C(/C=C/c1cccc(C(=Cc2ccc(F)cc2)C(=O)NC2CC2)c1)NO. The standard InChI is InChI=1S/C21H19FN2O3/c22-17-7-4-15(5-8-17)13-19(21(26)23-18-9-10-18)16-3-1-2-14(12-16)6-11-20(25)24-27/h1-8,11-13,18,27H,9-10H2,(H,23,26)(H,24,25)/b11-6+,19-13?. The van der Waals surface area contributed by atoms with E-state index in [4.69, 9.17) is 5.21 Å². The average molecular weight is 366 g/mol. The zero-order valence-electron chi connectivity index (χ0n) is 14.5. The first-order chi connectivity index (χ1) is 13.0. The van der Waals surface area contributed by atoms with Gasteiger partial charge in [0.1, 0.15) is 5.82 Å². The van der Waals surface area contributed by atoms with Gasteiger partial charge < -0.3 is 5.32 Å². The van der Waals surface area contributed by atoms with Gasteiger partial charge >= 0.3 is 0 Å². The van der Waals surface area contributed by atoms with Crippen molar-refractivity contribution in [3.8, 4) is 0 Å². The van der Waals surface area contributed by atoms with Crippen molar-refractivity contribution in [2.45, 2.75) is 18.9 Å². The Hall–Kier alpha value is -3.25. The van der Waals surface area contributed by atoms with E-state index in [0.717, 1.165) is 12.8 Å². The summed E-state index contributed by atoms with van der Waals surface area (Å²) in [6, 6.07) is 13.2. The van der Waals surface area contributed by atoms with Crippen LogP contribution in [-0.4, -0.2) is 23.1 Å². The number of halogens is 1. The lowest BCUT2D eigenvalue weighted by molar-refractivity contribution is -0.124. The molecule has 0 aromatic heterocycles. The molecule has 2 amide bonds. The molecule has 138 valence electrons. The van der Waals surface area contributed by atoms with Gasteiger partial charge in [0.25, 0.3) is 11.8 Å². The minimum absolute atomic E-state index is 0.198. The topological polar surface area (TPSA) is 78.4 Å². The highest BCUT2D eigenvalue weighted by Gasteiger charge is 2.25. The molecule has 0 radical (unpaired) electrons. The third-order valence-corrected chi connectivity index (χ3v) is 4.07. The quantitative estimate of drug-likeness (QED) is 0.318. The van der Waals surface area contributed by atoms with Gasteiger partial charge in [-0.15, -0.1) is 0 Å². The summed E-state index contributed by atoms with van der Waals surface area (Å²) in [6.07, 6.45) is 6.36. The van der Waals surface area contributed by atoms with E-state index in [9.17, 15) is 14.0 Å². The minimum atomic E-state index is -0.644. The number of amides is 2. The fourth-order valence-electron chi connectivity index (χ4n) is 2.52. The minimum Gasteiger partial charge on any atom is -0.349 e. The Morgan fingerprint density at radius 2 is 1.81 bits per heavy atom. The highest BCUT2D eigenvalue weighted by atomic mass is 19.1. The molecule has 3 rings (SSSR count). The Bertz CT molecular complexity index is 900. The van der Waals surface area contributed by atoms with E-state index >= 15 is 0 Å². The van der Waals surface area contributed by atoms with Crippen molar-refractivity contribution in [2.75, 3.05) is 0 Å². The molecule has 0 unspecified atom stereocenters. The van der Waals surface area contributed by atoms with E-state index in [1.165, 1.54) is 29.8 Å². The van der Waals surface area contributed by atoms with Crippen LogP contribution in [0.4, 0.5) is 4.39 Å². The molecule has 0 bridgehead atoms. The number of hydrogen-bond donors (Lipinski definition) is 3. The van der Waals surface area contributed by atoms with E-state index in [1.54, 1.807) is 42.5 Å². The van der Waals surface area contributed by atoms with Gasteiger partial charge in [0.05, 0.1) is 0 Å². The maximum absolute atomic E-state index is 13.2. The number of rotatable bonds is 6. The Morgan fingerprint density at radius 1 is 1.07 bits per heavy atom. The summed E-state index contributed by atoms with van der Waals surface area (Å²) < 4.78 is 13.2. The number of benzene rings is 2. The molecule has 1 fully saturated rings. The summed E-state index contributed by atoms with van der Waals surface area (Å²) in [5.74, 6) is -1.18. The second-order valence-corrected chi connectivity index (χ2v) is 6.29. The third-order valence-electron chi connectivity index (χ3n) is 4.07. The number of carbonyl (C=O) groups is 2. The summed E-state index contributed by atoms with van der Waals surface area (Å²) in [5.41, 5.74) is 4.05. The lowest BCUT2D eigenvalue weighted by Gasteiger charge is -2.10. The normalized spacial score (nSPS) is 14.2. The molecule has 1 saturated carbocycles. The van der Waals surface area contributed by atoms with Crippen LogP contribution in [0.5, 0.6) is 0 Å². The molecule has 0 heterocycles. The smallest absolute Gasteiger partial charge is 0.267 e. The van der Waals surface area contributed by atoms with Crippen LogP contribution in [0.15, 0.2) is 54.6 Å². The number of hydroxylamine groups is 1. The van der Waals surface area contributed by atoms with Crippen LogP contribution in [0.25, 0.3) is 17.7 Å². The fourth-order valence-corrected chi connectivity index (χ4v) is 2.52. The molecule has 1 aliphatic rings. The predicted molar refractivity (Wildman–Crippen MR) is 101 cm³/mol. The number of hydrogen-bond acceptors (Lipinski definition) is 3. The first-order valence-corrected chi connectivity index (χ1v) is 8.56. The van der Waals surface area contributed by atoms with Crippen LogP contribution in [0.3, 0.4) is 0 Å². The van der Waals surface area contributed by atoms with Gasteiger partial charge in [-0.1, -0.05) is 30.3 Å². The zero-order valence-corrected chi connectivity index (χ0v) is 14.5. The molecule has 3 N–H and O–H groups in total. The zero-order chi connectivity index (χ0) is 19.2. The molecule has 6 heteroatoms. The van der Waals surface area contributed by atoms with Crippen molar-refractivity contribution >= 4 is 29.5 Å². The average Bonchev–Trinajstić information content (AvgIpc) is 3.49. The molecule has 2 aromatic carbocycles. The second-order valence-electron chi connectivity index (χ2n) is 6.29. The molecule has 0 aliphatic heterocycles. The Morgan fingerprint density at radius 3 is 2.48 bits per heavy atom. The third kappa shape index (κ3) is 5.36. The molecule has 27 heavy (non-hydrogen) atoms. The Balaban J connectivity index is 1.94. The van der Waals surface area contributed by atoms with E-state index in [0.29, 0.717) is 22.3 Å². The van der Waals surface area contributed by atoms with Crippen molar-refractivity contribution < 1.29 is 19.2 Å². The van der Waals surface area contributed by atoms with Gasteiger partial charge in [-0.3, -0.25) is 14.8 Å². The molecular formula is C21H19FN2O3. The summed E-state index contributed by atoms with van der Waals surface area (Å²) in [7, 11) is 0. The van der Waals surface area contributed by atoms with Gasteiger partial charge in [0.2, 0.25) is 0 Å². The van der Waals surface area contributed by atoms with Crippen molar-refractivity contribution in [3.05, 3.63) is 77.1 Å². The fraction of sp³-hybridized carbons (Fsp3) is 0.143.